The molecule has 0 bridgehead atoms. The zero-order valence-electron chi connectivity index (χ0n) is 14.3. The Morgan fingerprint density at radius 1 is 1.04 bits per heavy atom. The first-order chi connectivity index (χ1) is 11.4. The van der Waals surface area contributed by atoms with Gasteiger partial charge in [-0.1, -0.05) is 17.7 Å². The molecule has 0 radical (unpaired) electrons. The predicted molar refractivity (Wildman–Crippen MR) is 92.4 cm³/mol. The van der Waals surface area contributed by atoms with Crippen molar-refractivity contribution in [2.24, 2.45) is 0 Å². The van der Waals surface area contributed by atoms with E-state index >= 15 is 0 Å². The van der Waals surface area contributed by atoms with Gasteiger partial charge in [-0.3, -0.25) is 4.79 Å². The average molecular weight is 327 g/mol. The molecule has 126 valence electrons. The number of benzene rings is 2. The number of hydrogen-bond acceptors (Lipinski definition) is 4. The summed E-state index contributed by atoms with van der Waals surface area (Å²) >= 11 is 0. The average Bonchev–Trinajstić information content (AvgIpc) is 2.57. The zero-order valence-corrected chi connectivity index (χ0v) is 14.3. The van der Waals surface area contributed by atoms with Crippen molar-refractivity contribution >= 4 is 17.6 Å². The Bertz CT molecular complexity index is 738. The van der Waals surface area contributed by atoms with Crippen LogP contribution in [-0.4, -0.2) is 25.1 Å². The summed E-state index contributed by atoms with van der Waals surface area (Å²) in [4.78, 5) is 23.7. The summed E-state index contributed by atoms with van der Waals surface area (Å²) in [6.45, 7) is 5.56. The first-order valence-electron chi connectivity index (χ1n) is 7.64. The van der Waals surface area contributed by atoms with E-state index < -0.39 is 12.1 Å². The van der Waals surface area contributed by atoms with Gasteiger partial charge in [0, 0.05) is 11.3 Å². The molecule has 1 unspecified atom stereocenters. The van der Waals surface area contributed by atoms with Gasteiger partial charge in [-0.15, -0.1) is 0 Å². The first kappa shape index (κ1) is 17.5. The highest BCUT2D eigenvalue weighted by Crippen LogP contribution is 2.19. The molecular formula is C19H21NO4. The summed E-state index contributed by atoms with van der Waals surface area (Å²) < 4.78 is 10.1. The van der Waals surface area contributed by atoms with Crippen molar-refractivity contribution in [2.45, 2.75) is 26.9 Å². The van der Waals surface area contributed by atoms with Gasteiger partial charge in [0.05, 0.1) is 7.11 Å². The lowest BCUT2D eigenvalue weighted by molar-refractivity contribution is -0.147. The third-order valence-electron chi connectivity index (χ3n) is 3.59. The summed E-state index contributed by atoms with van der Waals surface area (Å²) in [5.74, 6) is -0.155. The molecule has 0 aromatic heterocycles. The number of methoxy groups -OCH3 is 1. The van der Waals surface area contributed by atoms with Crippen molar-refractivity contribution in [3.05, 3.63) is 59.2 Å². The second-order valence-corrected chi connectivity index (χ2v) is 5.58. The van der Waals surface area contributed by atoms with E-state index in [4.69, 9.17) is 4.74 Å². The topological polar surface area (TPSA) is 64.6 Å². The minimum absolute atomic E-state index is 0.200. The van der Waals surface area contributed by atoms with E-state index in [1.165, 1.54) is 7.11 Å². The molecule has 2 aromatic rings. The van der Waals surface area contributed by atoms with Crippen molar-refractivity contribution in [2.75, 3.05) is 12.4 Å². The van der Waals surface area contributed by atoms with Gasteiger partial charge in [-0.2, -0.15) is 0 Å². The lowest BCUT2D eigenvalue weighted by Crippen LogP contribution is -2.24. The Balaban J connectivity index is 2.04. The standard InChI is InChI=1S/C19H21NO4/c1-12-5-10-17(13(2)11-12)20-18(21)15-6-8-16(9-7-15)24-14(3)19(22)23-4/h5-11,14H,1-4H3,(H,20,21). The number of aryl methyl sites for hydroxylation is 2. The number of nitrogens with one attached hydrogen (secondary N) is 1. The van der Waals surface area contributed by atoms with Crippen LogP contribution in [0.25, 0.3) is 0 Å². The number of esters is 1. The third kappa shape index (κ3) is 4.35. The molecule has 0 heterocycles. The first-order valence-corrected chi connectivity index (χ1v) is 7.64. The van der Waals surface area contributed by atoms with Crippen molar-refractivity contribution < 1.29 is 19.1 Å². The van der Waals surface area contributed by atoms with E-state index in [0.29, 0.717) is 11.3 Å². The predicted octanol–water partition coefficient (Wildman–Crippen LogP) is 3.50. The smallest absolute Gasteiger partial charge is 0.346 e. The molecule has 2 rings (SSSR count). The van der Waals surface area contributed by atoms with Crippen molar-refractivity contribution in [1.29, 1.82) is 0 Å². The SMILES string of the molecule is COC(=O)C(C)Oc1ccc(C(=O)Nc2ccc(C)cc2C)cc1. The number of ether oxygens (including phenoxy) is 2. The van der Waals surface area contributed by atoms with Gasteiger partial charge in [-0.25, -0.2) is 4.79 Å². The Hall–Kier alpha value is -2.82. The highest BCUT2D eigenvalue weighted by molar-refractivity contribution is 6.04. The van der Waals surface area contributed by atoms with Crippen molar-refractivity contribution in [1.82, 2.24) is 0 Å². The summed E-state index contributed by atoms with van der Waals surface area (Å²) in [6, 6.07) is 12.5. The molecule has 24 heavy (non-hydrogen) atoms. The lowest BCUT2D eigenvalue weighted by Gasteiger charge is -2.13. The van der Waals surface area contributed by atoms with E-state index in [1.54, 1.807) is 31.2 Å². The molecule has 0 fully saturated rings. The van der Waals surface area contributed by atoms with Gasteiger partial charge in [-0.05, 0) is 56.7 Å². The Morgan fingerprint density at radius 3 is 2.29 bits per heavy atom. The molecule has 5 nitrogen and oxygen atoms in total. The molecule has 0 spiro atoms. The van der Waals surface area contributed by atoms with Crippen LogP contribution in [0.2, 0.25) is 0 Å². The lowest BCUT2D eigenvalue weighted by atomic mass is 10.1. The Kier molecular flexibility index (Phi) is 5.58. The van der Waals surface area contributed by atoms with Crippen molar-refractivity contribution in [3.8, 4) is 5.75 Å². The van der Waals surface area contributed by atoms with Crippen LogP contribution in [0.5, 0.6) is 5.75 Å². The quantitative estimate of drug-likeness (QED) is 0.854. The number of carbonyl (C=O) groups is 2. The van der Waals surface area contributed by atoms with Crippen LogP contribution < -0.4 is 10.1 Å². The molecule has 0 aliphatic heterocycles. The number of hydrogen-bond donors (Lipinski definition) is 1. The maximum Gasteiger partial charge on any atom is 0.346 e. The highest BCUT2D eigenvalue weighted by atomic mass is 16.6. The monoisotopic (exact) mass is 327 g/mol. The summed E-state index contributed by atoms with van der Waals surface area (Å²) in [5.41, 5.74) is 3.44. The van der Waals surface area contributed by atoms with Crippen LogP contribution >= 0.6 is 0 Å². The second-order valence-electron chi connectivity index (χ2n) is 5.58. The zero-order chi connectivity index (χ0) is 17.7. The van der Waals surface area contributed by atoms with Gasteiger partial charge in [0.25, 0.3) is 5.91 Å². The minimum Gasteiger partial charge on any atom is -0.479 e. The molecule has 0 aliphatic rings. The molecule has 0 saturated heterocycles. The number of amides is 1. The summed E-state index contributed by atoms with van der Waals surface area (Å²) in [6.07, 6.45) is -0.704. The van der Waals surface area contributed by atoms with Crippen LogP contribution in [0.15, 0.2) is 42.5 Å². The Labute approximate surface area is 141 Å². The largest absolute Gasteiger partial charge is 0.479 e. The van der Waals surface area contributed by atoms with Crippen LogP contribution in [0.4, 0.5) is 5.69 Å². The van der Waals surface area contributed by atoms with Gasteiger partial charge < -0.3 is 14.8 Å². The molecule has 1 N–H and O–H groups in total. The van der Waals surface area contributed by atoms with E-state index in [9.17, 15) is 9.59 Å². The molecule has 1 atom stereocenters. The highest BCUT2D eigenvalue weighted by Gasteiger charge is 2.15. The molecular weight excluding hydrogens is 306 g/mol. The van der Waals surface area contributed by atoms with Crippen LogP contribution in [0, 0.1) is 13.8 Å². The fraction of sp³-hybridized carbons (Fsp3) is 0.263. The maximum absolute atomic E-state index is 12.3. The van der Waals surface area contributed by atoms with E-state index in [-0.39, 0.29) is 5.91 Å². The number of carbonyl (C=O) groups excluding carboxylic acids is 2. The Morgan fingerprint density at radius 2 is 1.71 bits per heavy atom. The number of rotatable bonds is 5. The van der Waals surface area contributed by atoms with Crippen molar-refractivity contribution in [3.63, 3.8) is 0 Å². The molecule has 2 aromatic carbocycles. The fourth-order valence-corrected chi connectivity index (χ4v) is 2.25. The van der Waals surface area contributed by atoms with Crippen LogP contribution in [0.3, 0.4) is 0 Å². The van der Waals surface area contributed by atoms with Gasteiger partial charge in [0.15, 0.2) is 6.10 Å². The molecule has 5 heteroatoms. The van der Waals surface area contributed by atoms with E-state index in [1.807, 2.05) is 32.0 Å². The van der Waals surface area contributed by atoms with Crippen LogP contribution in [-0.2, 0) is 9.53 Å². The fourth-order valence-electron chi connectivity index (χ4n) is 2.25. The molecule has 0 saturated carbocycles. The van der Waals surface area contributed by atoms with Crippen LogP contribution in [0.1, 0.15) is 28.4 Å². The minimum atomic E-state index is -0.704. The molecule has 1 amide bonds. The van der Waals surface area contributed by atoms with Gasteiger partial charge in [0.1, 0.15) is 5.75 Å². The molecule has 0 aliphatic carbocycles. The second kappa shape index (κ2) is 7.64. The van der Waals surface area contributed by atoms with Gasteiger partial charge in [0.2, 0.25) is 0 Å². The van der Waals surface area contributed by atoms with E-state index in [2.05, 4.69) is 10.1 Å². The van der Waals surface area contributed by atoms with Gasteiger partial charge >= 0.3 is 5.97 Å². The summed E-state index contributed by atoms with van der Waals surface area (Å²) in [7, 11) is 1.31. The van der Waals surface area contributed by atoms with E-state index in [0.717, 1.165) is 16.8 Å². The summed E-state index contributed by atoms with van der Waals surface area (Å²) in [5, 5.41) is 2.89. The number of anilines is 1. The maximum atomic E-state index is 12.3. The normalized spacial score (nSPS) is 11.5. The third-order valence-corrected chi connectivity index (χ3v) is 3.59.